The largest absolute Gasteiger partial charge is 0.368 e. The van der Waals surface area contributed by atoms with Crippen molar-refractivity contribution in [2.45, 2.75) is 0 Å². The Labute approximate surface area is 81.5 Å². The van der Waals surface area contributed by atoms with E-state index in [4.69, 9.17) is 17.3 Å². The van der Waals surface area contributed by atoms with E-state index in [0.29, 0.717) is 10.8 Å². The van der Waals surface area contributed by atoms with Gasteiger partial charge in [-0.05, 0) is 28.1 Å². The summed E-state index contributed by atoms with van der Waals surface area (Å²) in [5, 5.41) is 8.02. The quantitative estimate of drug-likeness (QED) is 0.721. The van der Waals surface area contributed by atoms with Crippen LogP contribution in [0.2, 0.25) is 5.15 Å². The highest BCUT2D eigenvalue weighted by molar-refractivity contribution is 9.10. The summed E-state index contributed by atoms with van der Waals surface area (Å²) in [6.45, 7) is 0. The second kappa shape index (κ2) is 2.60. The van der Waals surface area contributed by atoms with Gasteiger partial charge in [0, 0.05) is 0 Å². The normalized spacial score (nSPS) is 10.8. The Balaban J connectivity index is 2.98. The van der Waals surface area contributed by atoms with Gasteiger partial charge >= 0.3 is 0 Å². The number of nitrogen functional groups attached to an aromatic ring is 1. The number of fused-ring (bicyclic) bond motifs is 1. The molecule has 2 aromatic heterocycles. The summed E-state index contributed by atoms with van der Waals surface area (Å²) in [6, 6.07) is 3.52. The Morgan fingerprint density at radius 3 is 2.83 bits per heavy atom. The molecule has 4 nitrogen and oxygen atoms in total. The van der Waals surface area contributed by atoms with E-state index in [1.165, 1.54) is 0 Å². The van der Waals surface area contributed by atoms with Gasteiger partial charge in [0.05, 0.1) is 4.47 Å². The molecule has 2 heterocycles. The monoisotopic (exact) mass is 246 g/mol. The second-order valence-electron chi connectivity index (χ2n) is 2.22. The fourth-order valence-electron chi connectivity index (χ4n) is 0.953. The van der Waals surface area contributed by atoms with Crippen LogP contribution in [0.5, 0.6) is 0 Å². The molecule has 0 aliphatic carbocycles. The van der Waals surface area contributed by atoms with Crippen LogP contribution in [0.4, 0.5) is 5.95 Å². The first-order valence-corrected chi connectivity index (χ1v) is 4.32. The maximum atomic E-state index is 5.86. The lowest BCUT2D eigenvalue weighted by atomic mass is 10.5. The van der Waals surface area contributed by atoms with Crippen LogP contribution in [0.15, 0.2) is 16.6 Å². The second-order valence-corrected chi connectivity index (χ2v) is 3.46. The van der Waals surface area contributed by atoms with Gasteiger partial charge in [-0.25, -0.2) is 0 Å². The van der Waals surface area contributed by atoms with Gasteiger partial charge in [-0.1, -0.05) is 11.6 Å². The summed E-state index contributed by atoms with van der Waals surface area (Å²) in [7, 11) is 0. The van der Waals surface area contributed by atoms with Crippen molar-refractivity contribution in [2.24, 2.45) is 0 Å². The minimum absolute atomic E-state index is 0.288. The van der Waals surface area contributed by atoms with Gasteiger partial charge in [-0.2, -0.15) is 0 Å². The van der Waals surface area contributed by atoms with Crippen LogP contribution in [-0.2, 0) is 0 Å². The third kappa shape index (κ3) is 0.971. The minimum Gasteiger partial charge on any atom is -0.368 e. The van der Waals surface area contributed by atoms with Gasteiger partial charge in [0.25, 0.3) is 0 Å². The molecular formula is C6H4BrClN4. The van der Waals surface area contributed by atoms with Crippen molar-refractivity contribution in [1.29, 1.82) is 0 Å². The third-order valence-corrected chi connectivity index (χ3v) is 2.40. The molecule has 0 aliphatic heterocycles. The molecule has 0 amide bonds. The van der Waals surface area contributed by atoms with E-state index in [2.05, 4.69) is 26.1 Å². The Morgan fingerprint density at radius 2 is 2.17 bits per heavy atom. The van der Waals surface area contributed by atoms with Crippen molar-refractivity contribution < 1.29 is 0 Å². The number of rotatable bonds is 0. The van der Waals surface area contributed by atoms with Gasteiger partial charge in [-0.15, -0.1) is 10.2 Å². The van der Waals surface area contributed by atoms with E-state index >= 15 is 0 Å². The van der Waals surface area contributed by atoms with Gasteiger partial charge in [0.15, 0.2) is 5.65 Å². The molecule has 0 atom stereocenters. The molecule has 0 unspecified atom stereocenters. The molecule has 0 fully saturated rings. The summed E-state index contributed by atoms with van der Waals surface area (Å²) in [6.07, 6.45) is 0. The van der Waals surface area contributed by atoms with E-state index in [9.17, 15) is 0 Å². The van der Waals surface area contributed by atoms with E-state index in [-0.39, 0.29) is 5.95 Å². The molecule has 6 heteroatoms. The van der Waals surface area contributed by atoms with E-state index in [1.807, 2.05) is 0 Å². The van der Waals surface area contributed by atoms with Gasteiger partial charge in [-0.3, -0.25) is 4.40 Å². The molecule has 0 aromatic carbocycles. The first-order valence-electron chi connectivity index (χ1n) is 3.15. The number of hydrogen-bond donors (Lipinski definition) is 1. The fraction of sp³-hybridized carbons (Fsp3) is 0. The summed E-state index contributed by atoms with van der Waals surface area (Å²) in [4.78, 5) is 0. The number of pyridine rings is 1. The fourth-order valence-corrected chi connectivity index (χ4v) is 1.57. The zero-order chi connectivity index (χ0) is 8.72. The Bertz CT molecular complexity index is 438. The van der Waals surface area contributed by atoms with Gasteiger partial charge < -0.3 is 5.73 Å². The van der Waals surface area contributed by atoms with Crippen molar-refractivity contribution in [3.05, 3.63) is 21.8 Å². The number of nitrogens with zero attached hydrogens (tertiary/aromatic N) is 3. The maximum Gasteiger partial charge on any atom is 0.227 e. The topological polar surface area (TPSA) is 56.2 Å². The van der Waals surface area contributed by atoms with Crippen LogP contribution in [0.1, 0.15) is 0 Å². The third-order valence-electron chi connectivity index (χ3n) is 1.48. The molecule has 0 radical (unpaired) electrons. The van der Waals surface area contributed by atoms with Gasteiger partial charge in [0.1, 0.15) is 5.15 Å². The van der Waals surface area contributed by atoms with Gasteiger partial charge in [0.2, 0.25) is 5.95 Å². The van der Waals surface area contributed by atoms with Crippen molar-refractivity contribution in [3.63, 3.8) is 0 Å². The standard InChI is InChI=1S/C6H4BrClN4/c7-3-1-2-4(8)12-5(3)10-11-6(12)9/h1-2H,(H2,9,11). The van der Waals surface area contributed by atoms with Crippen LogP contribution in [0, 0.1) is 0 Å². The summed E-state index contributed by atoms with van der Waals surface area (Å²) in [5.74, 6) is 0.288. The summed E-state index contributed by atoms with van der Waals surface area (Å²) < 4.78 is 2.38. The molecule has 2 aromatic rings. The van der Waals surface area contributed by atoms with Crippen LogP contribution in [0.25, 0.3) is 5.65 Å². The van der Waals surface area contributed by atoms with E-state index in [1.54, 1.807) is 16.5 Å². The van der Waals surface area contributed by atoms with Crippen LogP contribution in [0.3, 0.4) is 0 Å². The molecule has 2 rings (SSSR count). The Morgan fingerprint density at radius 1 is 1.42 bits per heavy atom. The minimum atomic E-state index is 0.288. The molecular weight excluding hydrogens is 243 g/mol. The zero-order valence-electron chi connectivity index (χ0n) is 5.83. The molecule has 0 saturated heterocycles. The highest BCUT2D eigenvalue weighted by Crippen LogP contribution is 2.22. The molecule has 0 bridgehead atoms. The first-order chi connectivity index (χ1) is 5.70. The van der Waals surface area contributed by atoms with Crippen LogP contribution >= 0.6 is 27.5 Å². The predicted molar refractivity (Wildman–Crippen MR) is 50.1 cm³/mol. The zero-order valence-corrected chi connectivity index (χ0v) is 8.17. The number of halogens is 2. The average molecular weight is 247 g/mol. The lowest BCUT2D eigenvalue weighted by Crippen LogP contribution is -1.95. The average Bonchev–Trinajstić information content (AvgIpc) is 2.42. The lowest BCUT2D eigenvalue weighted by Gasteiger charge is -1.98. The van der Waals surface area contributed by atoms with E-state index in [0.717, 1.165) is 4.47 Å². The van der Waals surface area contributed by atoms with Crippen LogP contribution in [-0.4, -0.2) is 14.6 Å². The molecule has 12 heavy (non-hydrogen) atoms. The molecule has 0 aliphatic rings. The van der Waals surface area contributed by atoms with Crippen molar-refractivity contribution in [3.8, 4) is 0 Å². The van der Waals surface area contributed by atoms with Crippen molar-refractivity contribution >= 4 is 39.1 Å². The predicted octanol–water partition coefficient (Wildman–Crippen LogP) is 1.73. The molecule has 62 valence electrons. The lowest BCUT2D eigenvalue weighted by molar-refractivity contribution is 1.12. The SMILES string of the molecule is Nc1nnc2c(Br)ccc(Cl)n12. The summed E-state index contributed by atoms with van der Waals surface area (Å²) in [5.41, 5.74) is 6.15. The highest BCUT2D eigenvalue weighted by Gasteiger charge is 2.07. The molecule has 2 N–H and O–H groups in total. The molecule has 0 spiro atoms. The van der Waals surface area contributed by atoms with E-state index < -0.39 is 0 Å². The number of nitrogens with two attached hydrogens (primary N) is 1. The van der Waals surface area contributed by atoms with Crippen molar-refractivity contribution in [2.75, 3.05) is 5.73 Å². The maximum absolute atomic E-state index is 5.86. The highest BCUT2D eigenvalue weighted by atomic mass is 79.9. The Kier molecular flexibility index (Phi) is 1.69. The number of anilines is 1. The number of aromatic nitrogens is 3. The van der Waals surface area contributed by atoms with Crippen LogP contribution < -0.4 is 5.73 Å². The smallest absolute Gasteiger partial charge is 0.227 e. The number of hydrogen-bond acceptors (Lipinski definition) is 3. The Hall–Kier alpha value is -0.810. The van der Waals surface area contributed by atoms with Crippen molar-refractivity contribution in [1.82, 2.24) is 14.6 Å². The summed E-state index contributed by atoms with van der Waals surface area (Å²) >= 11 is 9.16. The molecule has 0 saturated carbocycles. The first kappa shape index (κ1) is 7.82.